The first-order chi connectivity index (χ1) is 9.16. The van der Waals surface area contributed by atoms with Crippen LogP contribution < -0.4 is 5.73 Å². The quantitative estimate of drug-likeness (QED) is 0.677. The lowest BCUT2D eigenvalue weighted by atomic mass is 10.2. The predicted molar refractivity (Wildman–Crippen MR) is 84.6 cm³/mol. The zero-order chi connectivity index (χ0) is 13.4. The fraction of sp³-hybridized carbons (Fsp3) is 0.0667. The van der Waals surface area contributed by atoms with Crippen LogP contribution in [0.25, 0.3) is 10.9 Å². The summed E-state index contributed by atoms with van der Waals surface area (Å²) in [5, 5.41) is 1.85. The van der Waals surface area contributed by atoms with Crippen LogP contribution in [0, 0.1) is 0 Å². The first-order valence-electron chi connectivity index (χ1n) is 5.93. The minimum absolute atomic E-state index is 0.735. The van der Waals surface area contributed by atoms with Gasteiger partial charge in [-0.05, 0) is 33.6 Å². The number of nitrogen functional groups attached to an aromatic ring is 1. The van der Waals surface area contributed by atoms with Gasteiger partial charge in [0, 0.05) is 33.8 Å². The fourth-order valence-corrected chi connectivity index (χ4v) is 2.91. The molecule has 0 saturated heterocycles. The lowest BCUT2D eigenvalue weighted by Gasteiger charge is -2.09. The molecule has 96 valence electrons. The second-order valence-corrected chi connectivity index (χ2v) is 5.64. The molecule has 0 aliphatic carbocycles. The van der Waals surface area contributed by atoms with Crippen LogP contribution in [-0.4, -0.2) is 4.57 Å². The van der Waals surface area contributed by atoms with Crippen LogP contribution in [-0.2, 0) is 6.54 Å². The number of nitrogens with zero attached hydrogens (tertiary/aromatic N) is 1. The highest BCUT2D eigenvalue weighted by Gasteiger charge is 2.09. The molecule has 3 rings (SSSR count). The van der Waals surface area contributed by atoms with E-state index in [1.54, 1.807) is 0 Å². The number of hydrogen-bond donors (Lipinski definition) is 1. The summed E-state index contributed by atoms with van der Waals surface area (Å²) in [6, 6.07) is 14.0. The Morgan fingerprint density at radius 1 is 1.11 bits per heavy atom. The molecule has 2 nitrogen and oxygen atoms in total. The topological polar surface area (TPSA) is 30.9 Å². The van der Waals surface area contributed by atoms with E-state index in [1.807, 2.05) is 36.5 Å². The van der Waals surface area contributed by atoms with Crippen molar-refractivity contribution in [1.29, 1.82) is 0 Å². The second kappa shape index (κ2) is 4.91. The van der Waals surface area contributed by atoms with Crippen molar-refractivity contribution >= 4 is 44.1 Å². The lowest BCUT2D eigenvalue weighted by molar-refractivity contribution is 0.834. The van der Waals surface area contributed by atoms with E-state index < -0.39 is 0 Å². The van der Waals surface area contributed by atoms with Crippen LogP contribution >= 0.6 is 27.5 Å². The summed E-state index contributed by atoms with van der Waals surface area (Å²) in [5.74, 6) is 0. The largest absolute Gasteiger partial charge is 0.398 e. The van der Waals surface area contributed by atoms with Gasteiger partial charge in [-0.3, -0.25) is 0 Å². The van der Waals surface area contributed by atoms with Gasteiger partial charge in [0.1, 0.15) is 0 Å². The average molecular weight is 336 g/mol. The Bertz CT molecular complexity index is 749. The normalized spacial score (nSPS) is 11.1. The first kappa shape index (κ1) is 12.6. The fourth-order valence-electron chi connectivity index (χ4n) is 2.24. The summed E-state index contributed by atoms with van der Waals surface area (Å²) in [5.41, 5.74) is 8.92. The number of halogens is 2. The highest BCUT2D eigenvalue weighted by Crippen LogP contribution is 2.29. The van der Waals surface area contributed by atoms with Gasteiger partial charge < -0.3 is 10.3 Å². The van der Waals surface area contributed by atoms with Crippen molar-refractivity contribution in [3.63, 3.8) is 0 Å². The molecule has 0 saturated carbocycles. The highest BCUT2D eigenvalue weighted by atomic mass is 79.9. The lowest BCUT2D eigenvalue weighted by Crippen LogP contribution is -2.00. The summed E-state index contributed by atoms with van der Waals surface area (Å²) >= 11 is 9.79. The minimum atomic E-state index is 0.735. The number of anilines is 1. The van der Waals surface area contributed by atoms with Gasteiger partial charge in [-0.25, -0.2) is 0 Å². The Hall–Kier alpha value is -1.45. The summed E-state index contributed by atoms with van der Waals surface area (Å²) in [6.45, 7) is 0.735. The van der Waals surface area contributed by atoms with E-state index in [0.717, 1.165) is 38.2 Å². The molecule has 0 unspecified atom stereocenters. The number of benzene rings is 2. The van der Waals surface area contributed by atoms with Crippen LogP contribution in [0.4, 0.5) is 5.69 Å². The molecule has 2 aromatic carbocycles. The Balaban J connectivity index is 2.09. The van der Waals surface area contributed by atoms with Crippen molar-refractivity contribution < 1.29 is 0 Å². The number of para-hydroxylation sites is 1. The maximum Gasteiger partial charge on any atom is 0.0661 e. The van der Waals surface area contributed by atoms with Crippen molar-refractivity contribution in [1.82, 2.24) is 4.57 Å². The number of nitrogens with two attached hydrogens (primary N) is 1. The second-order valence-electron chi connectivity index (χ2n) is 4.44. The molecule has 2 N–H and O–H groups in total. The molecule has 0 aliphatic heterocycles. The van der Waals surface area contributed by atoms with E-state index in [0.29, 0.717) is 0 Å². The maximum absolute atomic E-state index is 6.26. The molecule has 0 aliphatic rings. The summed E-state index contributed by atoms with van der Waals surface area (Å²) in [6.07, 6.45) is 1.96. The van der Waals surface area contributed by atoms with E-state index in [-0.39, 0.29) is 0 Å². The number of aromatic nitrogens is 1. The van der Waals surface area contributed by atoms with Crippen molar-refractivity contribution in [2.45, 2.75) is 6.54 Å². The highest BCUT2D eigenvalue weighted by molar-refractivity contribution is 9.10. The molecule has 0 spiro atoms. The molecular formula is C15H12BrClN2. The minimum Gasteiger partial charge on any atom is -0.398 e. The van der Waals surface area contributed by atoms with Gasteiger partial charge in [0.05, 0.1) is 5.02 Å². The van der Waals surface area contributed by atoms with E-state index in [9.17, 15) is 0 Å². The zero-order valence-corrected chi connectivity index (χ0v) is 12.4. The van der Waals surface area contributed by atoms with Crippen LogP contribution in [0.2, 0.25) is 5.02 Å². The van der Waals surface area contributed by atoms with E-state index in [4.69, 9.17) is 17.3 Å². The third-order valence-corrected chi connectivity index (χ3v) is 4.46. The van der Waals surface area contributed by atoms with Gasteiger partial charge in [-0.1, -0.05) is 41.9 Å². The number of fused-ring (bicyclic) bond motifs is 1. The Morgan fingerprint density at radius 3 is 2.74 bits per heavy atom. The third kappa shape index (κ3) is 2.24. The van der Waals surface area contributed by atoms with Crippen LogP contribution in [0.15, 0.2) is 53.1 Å². The molecule has 1 heterocycles. The van der Waals surface area contributed by atoms with E-state index in [2.05, 4.69) is 32.6 Å². The summed E-state index contributed by atoms with van der Waals surface area (Å²) < 4.78 is 3.08. The van der Waals surface area contributed by atoms with Crippen LogP contribution in [0.3, 0.4) is 0 Å². The summed E-state index contributed by atoms with van der Waals surface area (Å²) in [7, 11) is 0. The monoisotopic (exact) mass is 334 g/mol. The molecule has 0 atom stereocenters. The average Bonchev–Trinajstić information content (AvgIpc) is 2.73. The molecule has 0 bridgehead atoms. The van der Waals surface area contributed by atoms with Crippen molar-refractivity contribution in [2.24, 2.45) is 0 Å². The van der Waals surface area contributed by atoms with Gasteiger partial charge in [0.25, 0.3) is 0 Å². The maximum atomic E-state index is 6.26. The smallest absolute Gasteiger partial charge is 0.0661 e. The number of hydrogen-bond acceptors (Lipinski definition) is 1. The predicted octanol–water partition coefficient (Wildman–Crippen LogP) is 4.69. The molecule has 4 heteroatoms. The molecule has 0 radical (unpaired) electrons. The van der Waals surface area contributed by atoms with Crippen molar-refractivity contribution in [3.05, 3.63) is 63.7 Å². The Kier molecular flexibility index (Phi) is 3.25. The van der Waals surface area contributed by atoms with Gasteiger partial charge in [-0.15, -0.1) is 0 Å². The van der Waals surface area contributed by atoms with Crippen LogP contribution in [0.5, 0.6) is 0 Å². The first-order valence-corrected chi connectivity index (χ1v) is 7.10. The SMILES string of the molecule is Nc1cccc(Cn2cc(Cl)c3ccccc32)c1Br. The molecule has 0 amide bonds. The van der Waals surface area contributed by atoms with E-state index in [1.165, 1.54) is 0 Å². The molecular weight excluding hydrogens is 324 g/mol. The molecule has 0 fully saturated rings. The van der Waals surface area contributed by atoms with Gasteiger partial charge in [0.2, 0.25) is 0 Å². The van der Waals surface area contributed by atoms with Crippen LogP contribution in [0.1, 0.15) is 5.56 Å². The van der Waals surface area contributed by atoms with E-state index >= 15 is 0 Å². The number of rotatable bonds is 2. The van der Waals surface area contributed by atoms with Gasteiger partial charge >= 0.3 is 0 Å². The molecule has 1 aromatic heterocycles. The Morgan fingerprint density at radius 2 is 1.89 bits per heavy atom. The standard InChI is InChI=1S/C15H12BrClN2/c16-15-10(4-3-6-13(15)18)8-19-9-12(17)11-5-1-2-7-14(11)19/h1-7,9H,8,18H2. The molecule has 19 heavy (non-hydrogen) atoms. The van der Waals surface area contributed by atoms with Crippen molar-refractivity contribution in [3.8, 4) is 0 Å². The van der Waals surface area contributed by atoms with Crippen molar-refractivity contribution in [2.75, 3.05) is 5.73 Å². The van der Waals surface area contributed by atoms with Gasteiger partial charge in [0.15, 0.2) is 0 Å². The molecule has 3 aromatic rings. The Labute approximate surface area is 124 Å². The van der Waals surface area contributed by atoms with Gasteiger partial charge in [-0.2, -0.15) is 0 Å². The zero-order valence-electron chi connectivity index (χ0n) is 10.1. The third-order valence-electron chi connectivity index (χ3n) is 3.19. The summed E-state index contributed by atoms with van der Waals surface area (Å²) in [4.78, 5) is 0.